The predicted octanol–water partition coefficient (Wildman–Crippen LogP) is 0.782. The van der Waals surface area contributed by atoms with Crippen molar-refractivity contribution < 1.29 is 0 Å². The molecule has 0 aliphatic rings. The van der Waals surface area contributed by atoms with Crippen LogP contribution < -0.4 is 0 Å². The maximum Gasteiger partial charge on any atom is 0.146 e. The summed E-state index contributed by atoms with van der Waals surface area (Å²) in [6, 6.07) is 0. The summed E-state index contributed by atoms with van der Waals surface area (Å²) < 4.78 is -0.566. The van der Waals surface area contributed by atoms with Crippen LogP contribution in [0.4, 0.5) is 0 Å². The minimum atomic E-state index is -0.566. The number of hydrogen-bond donors (Lipinski definition) is 0. The molecule has 0 saturated heterocycles. The van der Waals surface area contributed by atoms with Gasteiger partial charge in [-0.2, -0.15) is 0 Å². The maximum atomic E-state index is 5.85. The molecule has 0 N–H and O–H groups in total. The van der Waals surface area contributed by atoms with Crippen LogP contribution in [0.5, 0.6) is 0 Å². The van der Waals surface area contributed by atoms with Crippen LogP contribution in [0, 0.1) is 0 Å². The highest BCUT2D eigenvalue weighted by atomic mass is 35.5. The molecule has 0 radical (unpaired) electrons. The molecule has 0 aromatic rings. The third kappa shape index (κ3) is 3.46. The normalized spacial score (nSPS) is 13.0. The fourth-order valence-corrected chi connectivity index (χ4v) is 1.89. The van der Waals surface area contributed by atoms with E-state index in [0.29, 0.717) is 0 Å². The molecule has 0 atom stereocenters. The van der Waals surface area contributed by atoms with Crippen molar-refractivity contribution in [1.29, 1.82) is 0 Å². The third-order valence-electron chi connectivity index (χ3n) is 1.32. The van der Waals surface area contributed by atoms with Gasteiger partial charge in [-0.25, -0.2) is 0 Å². The van der Waals surface area contributed by atoms with Crippen LogP contribution in [0.3, 0.4) is 0 Å². The fraction of sp³-hybridized carbons (Fsp3) is 1.00. The van der Waals surface area contributed by atoms with E-state index < -0.39 is 4.08 Å². The highest BCUT2D eigenvalue weighted by molar-refractivity contribution is 6.64. The van der Waals surface area contributed by atoms with Crippen LogP contribution in [0.15, 0.2) is 0 Å². The van der Waals surface area contributed by atoms with Gasteiger partial charge in [0, 0.05) is 0 Å². The Balaban J connectivity index is 3.79. The summed E-state index contributed by atoms with van der Waals surface area (Å²) in [6.07, 6.45) is 0. The molecule has 56 valence electrons. The van der Waals surface area contributed by atoms with Crippen molar-refractivity contribution >= 4 is 33.4 Å². The van der Waals surface area contributed by atoms with Crippen LogP contribution in [-0.2, 0) is 0 Å². The number of hydrogen-bond acceptors (Lipinski definition) is 1. The molecule has 0 rings (SSSR count). The highest BCUT2D eigenvalue weighted by Crippen LogP contribution is 2.20. The average Bonchev–Trinajstić information content (AvgIpc) is 1.65. The van der Waals surface area contributed by atoms with Gasteiger partial charge in [0.15, 0.2) is 0 Å². The first-order valence-corrected chi connectivity index (χ1v) is 4.90. The molecule has 1 nitrogen and oxygen atoms in total. The lowest BCUT2D eigenvalue weighted by atomic mass is 10.6. The third-order valence-corrected chi connectivity index (χ3v) is 2.43. The zero-order valence-corrected chi connectivity index (χ0v) is 9.63. The lowest BCUT2D eigenvalue weighted by Crippen LogP contribution is -2.39. The standard InChI is InChI=1S/C5H13Cl2NSi/c1-3-8(4-2)5(6,7)9/h3-4H2,1-2,9H3. The topological polar surface area (TPSA) is 3.24 Å². The molecule has 0 saturated carbocycles. The first-order chi connectivity index (χ1) is 4.02. The van der Waals surface area contributed by atoms with E-state index in [1.807, 2.05) is 4.90 Å². The van der Waals surface area contributed by atoms with E-state index in [-0.39, 0.29) is 0 Å². The Morgan fingerprint density at radius 1 is 1.33 bits per heavy atom. The van der Waals surface area contributed by atoms with E-state index in [1.165, 1.54) is 0 Å². The van der Waals surface area contributed by atoms with E-state index in [0.717, 1.165) is 23.3 Å². The van der Waals surface area contributed by atoms with Gasteiger partial charge in [0.05, 0.1) is 10.2 Å². The molecule has 0 aromatic carbocycles. The molecule has 0 aliphatic heterocycles. The molecule has 0 amide bonds. The smallest absolute Gasteiger partial charge is 0.146 e. The SMILES string of the molecule is CCN(CC)C([SiH3])(Cl)Cl. The molecule has 0 unspecified atom stereocenters. The minimum Gasteiger partial charge on any atom is -0.277 e. The monoisotopic (exact) mass is 185 g/mol. The summed E-state index contributed by atoms with van der Waals surface area (Å²) in [5, 5.41) is 0. The Morgan fingerprint density at radius 2 is 1.67 bits per heavy atom. The number of halogens is 2. The van der Waals surface area contributed by atoms with Crippen LogP contribution in [0.2, 0.25) is 0 Å². The molecule has 0 heterocycles. The van der Waals surface area contributed by atoms with Crippen LogP contribution in [0.1, 0.15) is 13.8 Å². The average molecular weight is 186 g/mol. The number of nitrogens with zero attached hydrogens (tertiary/aromatic N) is 1. The van der Waals surface area contributed by atoms with E-state index in [2.05, 4.69) is 13.8 Å². The summed E-state index contributed by atoms with van der Waals surface area (Å²) in [4.78, 5) is 2.03. The quantitative estimate of drug-likeness (QED) is 0.357. The largest absolute Gasteiger partial charge is 0.277 e. The van der Waals surface area contributed by atoms with Crippen molar-refractivity contribution in [3.63, 3.8) is 0 Å². The Kier molecular flexibility index (Phi) is 4.13. The highest BCUT2D eigenvalue weighted by Gasteiger charge is 2.22. The van der Waals surface area contributed by atoms with E-state index in [1.54, 1.807) is 0 Å². The van der Waals surface area contributed by atoms with Gasteiger partial charge in [-0.1, -0.05) is 37.0 Å². The molecule has 0 aliphatic carbocycles. The Labute approximate surface area is 69.7 Å². The molecule has 9 heavy (non-hydrogen) atoms. The van der Waals surface area contributed by atoms with Crippen molar-refractivity contribution in [3.05, 3.63) is 0 Å². The van der Waals surface area contributed by atoms with Crippen molar-refractivity contribution in [2.75, 3.05) is 13.1 Å². The summed E-state index contributed by atoms with van der Waals surface area (Å²) in [6.45, 7) is 5.96. The second-order valence-corrected chi connectivity index (χ2v) is 6.39. The van der Waals surface area contributed by atoms with Gasteiger partial charge in [0.1, 0.15) is 4.08 Å². The van der Waals surface area contributed by atoms with Crippen molar-refractivity contribution in [2.24, 2.45) is 0 Å². The first kappa shape index (κ1) is 9.76. The van der Waals surface area contributed by atoms with Gasteiger partial charge in [0.2, 0.25) is 0 Å². The van der Waals surface area contributed by atoms with Crippen molar-refractivity contribution in [2.45, 2.75) is 17.9 Å². The fourth-order valence-electron chi connectivity index (χ4n) is 0.779. The van der Waals surface area contributed by atoms with Crippen molar-refractivity contribution in [3.8, 4) is 0 Å². The van der Waals surface area contributed by atoms with Crippen LogP contribution in [-0.4, -0.2) is 32.3 Å². The van der Waals surface area contributed by atoms with Crippen molar-refractivity contribution in [1.82, 2.24) is 4.90 Å². The number of alkyl halides is 2. The molecule has 0 fully saturated rings. The first-order valence-electron chi connectivity index (χ1n) is 3.15. The molecule has 0 aromatic heterocycles. The lowest BCUT2D eigenvalue weighted by molar-refractivity contribution is 0.306. The van der Waals surface area contributed by atoms with Gasteiger partial charge < -0.3 is 0 Å². The molecule has 0 spiro atoms. The Bertz CT molecular complexity index is 77.5. The Hall–Kier alpha value is 0.757. The van der Waals surface area contributed by atoms with E-state index in [9.17, 15) is 0 Å². The van der Waals surface area contributed by atoms with Crippen LogP contribution in [0.25, 0.3) is 0 Å². The van der Waals surface area contributed by atoms with Gasteiger partial charge in [-0.3, -0.25) is 4.90 Å². The minimum absolute atomic E-state index is 0.566. The van der Waals surface area contributed by atoms with E-state index in [4.69, 9.17) is 23.2 Å². The lowest BCUT2D eigenvalue weighted by Gasteiger charge is -2.28. The number of rotatable bonds is 3. The maximum absolute atomic E-state index is 5.85. The zero-order valence-electron chi connectivity index (χ0n) is 6.12. The predicted molar refractivity (Wildman–Crippen MR) is 47.3 cm³/mol. The van der Waals surface area contributed by atoms with E-state index >= 15 is 0 Å². The van der Waals surface area contributed by atoms with Gasteiger partial charge in [-0.15, -0.1) is 0 Å². The summed E-state index contributed by atoms with van der Waals surface area (Å²) >= 11 is 11.7. The van der Waals surface area contributed by atoms with Gasteiger partial charge in [0.25, 0.3) is 0 Å². The summed E-state index contributed by atoms with van der Waals surface area (Å²) in [5.74, 6) is 0. The van der Waals surface area contributed by atoms with Gasteiger partial charge >= 0.3 is 0 Å². The summed E-state index contributed by atoms with van der Waals surface area (Å²) in [5.41, 5.74) is 0. The second-order valence-electron chi connectivity index (χ2n) is 2.01. The Morgan fingerprint density at radius 3 is 1.67 bits per heavy atom. The molecular formula is C5H13Cl2NSi. The molecular weight excluding hydrogens is 173 g/mol. The zero-order chi connectivity index (χ0) is 7.49. The summed E-state index contributed by atoms with van der Waals surface area (Å²) in [7, 11) is 0.787. The van der Waals surface area contributed by atoms with Crippen LogP contribution >= 0.6 is 23.2 Å². The molecule has 0 bridgehead atoms. The molecule has 4 heteroatoms. The second kappa shape index (κ2) is 3.81. The van der Waals surface area contributed by atoms with Gasteiger partial charge in [-0.05, 0) is 13.1 Å².